The summed E-state index contributed by atoms with van der Waals surface area (Å²) in [6, 6.07) is 4.93. The summed E-state index contributed by atoms with van der Waals surface area (Å²) < 4.78 is 40.0. The second-order valence-corrected chi connectivity index (χ2v) is 6.28. The lowest BCUT2D eigenvalue weighted by molar-refractivity contribution is -0.142. The van der Waals surface area contributed by atoms with Gasteiger partial charge in [0.05, 0.1) is 10.9 Å². The fourth-order valence-electron chi connectivity index (χ4n) is 2.62. The van der Waals surface area contributed by atoms with E-state index in [-0.39, 0.29) is 17.8 Å². The zero-order valence-corrected chi connectivity index (χ0v) is 14.1. The van der Waals surface area contributed by atoms with Crippen LogP contribution in [-0.4, -0.2) is 22.2 Å². The number of nitrogens with zero attached hydrogens (tertiary/aromatic N) is 1. The molecule has 0 bridgehead atoms. The van der Waals surface area contributed by atoms with Crippen molar-refractivity contribution in [2.75, 3.05) is 5.32 Å². The Kier molecular flexibility index (Phi) is 4.25. The Balaban J connectivity index is 2.30. The van der Waals surface area contributed by atoms with E-state index in [9.17, 15) is 18.0 Å². The van der Waals surface area contributed by atoms with Crippen molar-refractivity contribution in [2.45, 2.75) is 25.6 Å². The zero-order valence-electron chi connectivity index (χ0n) is 12.5. The first-order chi connectivity index (χ1) is 11.3. The highest BCUT2D eigenvalue weighted by atomic mass is 79.9. The molecule has 0 saturated heterocycles. The van der Waals surface area contributed by atoms with Gasteiger partial charge in [0.15, 0.2) is 0 Å². The van der Waals surface area contributed by atoms with Gasteiger partial charge in [-0.3, -0.25) is 4.79 Å². The molecule has 1 aromatic carbocycles. The number of hydrogen-bond acceptors (Lipinski definition) is 3. The minimum atomic E-state index is -4.40. The summed E-state index contributed by atoms with van der Waals surface area (Å²) in [7, 11) is 0. The van der Waals surface area contributed by atoms with Crippen molar-refractivity contribution < 1.29 is 13.2 Å². The summed E-state index contributed by atoms with van der Waals surface area (Å²) in [5, 5.41) is 3.68. The van der Waals surface area contributed by atoms with E-state index in [4.69, 9.17) is 0 Å². The number of rotatable bonds is 3. The molecule has 4 nitrogen and oxygen atoms in total. The molecule has 0 unspecified atom stereocenters. The molecule has 0 aliphatic rings. The van der Waals surface area contributed by atoms with E-state index in [0.717, 1.165) is 4.47 Å². The molecular formula is C16H13BrF3N3O. The molecular weight excluding hydrogens is 387 g/mol. The van der Waals surface area contributed by atoms with Gasteiger partial charge in [-0.15, -0.1) is 0 Å². The first-order valence-electron chi connectivity index (χ1n) is 7.25. The fourth-order valence-corrected chi connectivity index (χ4v) is 2.98. The van der Waals surface area contributed by atoms with E-state index < -0.39 is 12.2 Å². The molecule has 3 rings (SSSR count). The predicted molar refractivity (Wildman–Crippen MR) is 91.3 cm³/mol. The van der Waals surface area contributed by atoms with Gasteiger partial charge in [-0.2, -0.15) is 13.2 Å². The molecule has 1 atom stereocenters. The number of aromatic amines is 1. The van der Waals surface area contributed by atoms with Crippen molar-refractivity contribution in [1.29, 1.82) is 0 Å². The van der Waals surface area contributed by atoms with Crippen molar-refractivity contribution in [3.05, 3.63) is 45.3 Å². The highest BCUT2D eigenvalue weighted by molar-refractivity contribution is 9.10. The number of nitrogens with one attached hydrogen (secondary N) is 2. The van der Waals surface area contributed by atoms with Crippen LogP contribution in [0.1, 0.15) is 13.3 Å². The van der Waals surface area contributed by atoms with Crippen molar-refractivity contribution in [3.63, 3.8) is 0 Å². The number of alkyl halides is 3. The zero-order chi connectivity index (χ0) is 17.5. The van der Waals surface area contributed by atoms with Gasteiger partial charge in [0.1, 0.15) is 11.9 Å². The maximum Gasteiger partial charge on any atom is 0.408 e. The SMILES string of the molecule is CC[C@H](Nc1nc2ccc(Br)cc2c2c(=O)[nH]ccc12)C(F)(F)F. The van der Waals surface area contributed by atoms with Gasteiger partial charge in [0.25, 0.3) is 5.56 Å². The Bertz CT molecular complexity index is 968. The number of H-pyrrole nitrogens is 1. The Hall–Kier alpha value is -2.09. The number of fused-ring (bicyclic) bond motifs is 3. The molecule has 2 heterocycles. The smallest absolute Gasteiger partial charge is 0.358 e. The van der Waals surface area contributed by atoms with Crippen LogP contribution in [0.5, 0.6) is 0 Å². The number of aromatic nitrogens is 2. The lowest BCUT2D eigenvalue weighted by atomic mass is 10.1. The third kappa shape index (κ3) is 2.98. The van der Waals surface area contributed by atoms with E-state index in [2.05, 4.69) is 31.2 Å². The van der Waals surface area contributed by atoms with Gasteiger partial charge < -0.3 is 10.3 Å². The monoisotopic (exact) mass is 399 g/mol. The summed E-state index contributed by atoms with van der Waals surface area (Å²) in [5.41, 5.74) is 0.0723. The molecule has 0 fully saturated rings. The van der Waals surface area contributed by atoms with Crippen LogP contribution >= 0.6 is 15.9 Å². The first-order valence-corrected chi connectivity index (χ1v) is 8.04. The second kappa shape index (κ2) is 6.08. The Labute approximate surface area is 143 Å². The standard InChI is InChI=1S/C16H13BrF3N3O/c1-2-12(16(18,19)20)23-14-9-5-6-21-15(24)13(9)10-7-8(17)3-4-11(10)22-14/h3-7,12H,2H2,1H3,(H,21,24)(H,22,23)/t12-/m0/s1. The van der Waals surface area contributed by atoms with Crippen molar-refractivity contribution >= 4 is 43.4 Å². The van der Waals surface area contributed by atoms with Gasteiger partial charge in [0.2, 0.25) is 0 Å². The Morgan fingerprint density at radius 2 is 2.04 bits per heavy atom. The van der Waals surface area contributed by atoms with E-state index in [0.29, 0.717) is 21.7 Å². The number of benzene rings is 1. The van der Waals surface area contributed by atoms with Crippen LogP contribution in [0, 0.1) is 0 Å². The second-order valence-electron chi connectivity index (χ2n) is 5.36. The minimum absolute atomic E-state index is 0.0510. The fraction of sp³-hybridized carbons (Fsp3) is 0.250. The summed E-state index contributed by atoms with van der Waals surface area (Å²) in [6.07, 6.45) is -3.15. The molecule has 126 valence electrons. The van der Waals surface area contributed by atoms with Crippen LogP contribution in [-0.2, 0) is 0 Å². The van der Waals surface area contributed by atoms with Crippen molar-refractivity contribution in [1.82, 2.24) is 9.97 Å². The minimum Gasteiger partial charge on any atom is -0.358 e. The predicted octanol–water partition coefficient (Wildman–Crippen LogP) is 4.59. The van der Waals surface area contributed by atoms with E-state index in [1.54, 1.807) is 24.3 Å². The van der Waals surface area contributed by atoms with Crippen LogP contribution in [0.3, 0.4) is 0 Å². The normalized spacial score (nSPS) is 13.4. The Morgan fingerprint density at radius 1 is 1.29 bits per heavy atom. The third-order valence-electron chi connectivity index (χ3n) is 3.79. The van der Waals surface area contributed by atoms with Gasteiger partial charge in [-0.05, 0) is 30.7 Å². The molecule has 0 aliphatic heterocycles. The lowest BCUT2D eigenvalue weighted by Gasteiger charge is -2.21. The van der Waals surface area contributed by atoms with Crippen molar-refractivity contribution in [3.8, 4) is 0 Å². The molecule has 3 aromatic rings. The molecule has 0 amide bonds. The summed E-state index contributed by atoms with van der Waals surface area (Å²) in [5.74, 6) is 0.0510. The van der Waals surface area contributed by atoms with E-state index in [1.165, 1.54) is 13.1 Å². The molecule has 0 radical (unpaired) electrons. The van der Waals surface area contributed by atoms with Gasteiger partial charge >= 0.3 is 6.18 Å². The maximum atomic E-state index is 13.1. The molecule has 2 aromatic heterocycles. The average molecular weight is 400 g/mol. The van der Waals surface area contributed by atoms with Crippen LogP contribution in [0.4, 0.5) is 19.0 Å². The van der Waals surface area contributed by atoms with Crippen LogP contribution in [0.15, 0.2) is 39.7 Å². The molecule has 8 heteroatoms. The molecule has 0 aliphatic carbocycles. The summed E-state index contributed by atoms with van der Waals surface area (Å²) in [6.45, 7) is 1.44. The Morgan fingerprint density at radius 3 is 2.71 bits per heavy atom. The highest BCUT2D eigenvalue weighted by Gasteiger charge is 2.38. The third-order valence-corrected chi connectivity index (χ3v) is 4.28. The van der Waals surface area contributed by atoms with Crippen molar-refractivity contribution in [2.24, 2.45) is 0 Å². The molecule has 2 N–H and O–H groups in total. The summed E-state index contributed by atoms with van der Waals surface area (Å²) in [4.78, 5) is 19.1. The van der Waals surface area contributed by atoms with Crippen LogP contribution < -0.4 is 10.9 Å². The molecule has 24 heavy (non-hydrogen) atoms. The van der Waals surface area contributed by atoms with E-state index >= 15 is 0 Å². The van der Waals surface area contributed by atoms with Gasteiger partial charge in [-0.1, -0.05) is 22.9 Å². The number of halogens is 4. The lowest BCUT2D eigenvalue weighted by Crippen LogP contribution is -2.36. The van der Waals surface area contributed by atoms with Crippen LogP contribution in [0.25, 0.3) is 21.7 Å². The average Bonchev–Trinajstić information content (AvgIpc) is 2.51. The van der Waals surface area contributed by atoms with Crippen LogP contribution in [0.2, 0.25) is 0 Å². The quantitative estimate of drug-likeness (QED) is 0.633. The number of pyridine rings is 2. The van der Waals surface area contributed by atoms with Gasteiger partial charge in [-0.25, -0.2) is 4.98 Å². The topological polar surface area (TPSA) is 57.8 Å². The van der Waals surface area contributed by atoms with Gasteiger partial charge in [0, 0.05) is 21.4 Å². The molecule has 0 spiro atoms. The highest BCUT2D eigenvalue weighted by Crippen LogP contribution is 2.31. The summed E-state index contributed by atoms with van der Waals surface area (Å²) >= 11 is 3.33. The molecule has 0 saturated carbocycles. The maximum absolute atomic E-state index is 13.1. The number of anilines is 1. The first kappa shape index (κ1) is 16.8. The number of hydrogen-bond donors (Lipinski definition) is 2. The van der Waals surface area contributed by atoms with E-state index in [1.807, 2.05) is 0 Å². The largest absolute Gasteiger partial charge is 0.408 e.